The number of rotatable bonds is 4. The summed E-state index contributed by atoms with van der Waals surface area (Å²) in [6.07, 6.45) is 6.72. The fraction of sp³-hybridized carbons (Fsp3) is 0.360. The number of fused-ring (bicyclic) bond motifs is 1. The van der Waals surface area contributed by atoms with Crippen molar-refractivity contribution >= 4 is 17.7 Å². The van der Waals surface area contributed by atoms with Gasteiger partial charge in [-0.25, -0.2) is 4.79 Å². The number of ether oxygens (including phenoxy) is 2. The summed E-state index contributed by atoms with van der Waals surface area (Å²) in [5, 5.41) is 0. The molecule has 7 nitrogen and oxygen atoms in total. The van der Waals surface area contributed by atoms with Crippen molar-refractivity contribution in [3.05, 3.63) is 76.8 Å². The van der Waals surface area contributed by atoms with Crippen LogP contribution in [0.1, 0.15) is 53.2 Å². The molecule has 1 amide bonds. The van der Waals surface area contributed by atoms with Crippen molar-refractivity contribution in [1.29, 1.82) is 0 Å². The van der Waals surface area contributed by atoms with E-state index in [0.29, 0.717) is 17.7 Å². The topological polar surface area (TPSA) is 85.8 Å². The van der Waals surface area contributed by atoms with Gasteiger partial charge < -0.3 is 14.4 Å². The Kier molecular flexibility index (Phi) is 5.25. The number of benzene rings is 1. The van der Waals surface area contributed by atoms with Crippen LogP contribution in [0.5, 0.6) is 0 Å². The van der Waals surface area contributed by atoms with Gasteiger partial charge in [-0.05, 0) is 54.7 Å². The van der Waals surface area contributed by atoms with Crippen molar-refractivity contribution in [2.24, 2.45) is 5.92 Å². The van der Waals surface area contributed by atoms with Gasteiger partial charge >= 0.3 is 5.97 Å². The van der Waals surface area contributed by atoms with Crippen molar-refractivity contribution in [2.45, 2.75) is 44.4 Å². The van der Waals surface area contributed by atoms with Crippen LogP contribution in [-0.2, 0) is 25.6 Å². The Balaban J connectivity index is 1.56. The predicted molar refractivity (Wildman–Crippen MR) is 114 cm³/mol. The maximum atomic E-state index is 13.6. The summed E-state index contributed by atoms with van der Waals surface area (Å²) >= 11 is 0. The van der Waals surface area contributed by atoms with E-state index in [9.17, 15) is 14.4 Å². The number of nitrogens with zero attached hydrogens (tertiary/aromatic N) is 2. The highest BCUT2D eigenvalue weighted by atomic mass is 16.5. The SMILES string of the molecule is COC(=O)c1ccc(C2C3=C(OC4CCCCC4C3=O)C(=O)N2Cc2ccncc2)cc1. The van der Waals surface area contributed by atoms with E-state index in [0.717, 1.165) is 36.8 Å². The van der Waals surface area contributed by atoms with Crippen molar-refractivity contribution in [2.75, 3.05) is 7.11 Å². The van der Waals surface area contributed by atoms with E-state index in [1.807, 2.05) is 12.1 Å². The molecular formula is C25H24N2O5. The van der Waals surface area contributed by atoms with Crippen molar-refractivity contribution in [1.82, 2.24) is 9.88 Å². The number of hydrogen-bond acceptors (Lipinski definition) is 6. The van der Waals surface area contributed by atoms with Crippen molar-refractivity contribution in [3.63, 3.8) is 0 Å². The molecular weight excluding hydrogens is 408 g/mol. The second kappa shape index (κ2) is 8.22. The Morgan fingerprint density at radius 3 is 2.53 bits per heavy atom. The van der Waals surface area contributed by atoms with Crippen LogP contribution in [0, 0.1) is 5.92 Å². The molecule has 1 aromatic carbocycles. The van der Waals surface area contributed by atoms with Gasteiger partial charge in [-0.3, -0.25) is 14.6 Å². The Morgan fingerprint density at radius 2 is 1.81 bits per heavy atom. The lowest BCUT2D eigenvalue weighted by molar-refractivity contribution is -0.135. The fourth-order valence-corrected chi connectivity index (χ4v) is 5.01. The molecule has 32 heavy (non-hydrogen) atoms. The standard InChI is InChI=1S/C25H24N2O5/c1-31-25(30)17-8-6-16(7-9-17)21-20-22(28)18-4-2-3-5-19(18)32-23(20)24(29)27(21)14-15-10-12-26-13-11-15/h6-13,18-19,21H,2-5,14H2,1H3. The van der Waals surface area contributed by atoms with Crippen LogP contribution in [0.3, 0.4) is 0 Å². The van der Waals surface area contributed by atoms with Crippen LogP contribution >= 0.6 is 0 Å². The molecule has 2 aliphatic heterocycles. The summed E-state index contributed by atoms with van der Waals surface area (Å²) in [6.45, 7) is 0.323. The van der Waals surface area contributed by atoms with Crippen LogP contribution < -0.4 is 0 Å². The van der Waals surface area contributed by atoms with Gasteiger partial charge in [0.15, 0.2) is 11.5 Å². The van der Waals surface area contributed by atoms with Crippen LogP contribution in [0.4, 0.5) is 0 Å². The minimum Gasteiger partial charge on any atom is -0.483 e. The molecule has 164 valence electrons. The Hall–Kier alpha value is -3.48. The number of pyridine rings is 1. The smallest absolute Gasteiger partial charge is 0.337 e. The summed E-state index contributed by atoms with van der Waals surface area (Å²) in [7, 11) is 1.33. The number of ketones is 1. The van der Waals surface area contributed by atoms with Gasteiger partial charge in [0, 0.05) is 18.9 Å². The van der Waals surface area contributed by atoms with E-state index in [-0.39, 0.29) is 29.5 Å². The van der Waals surface area contributed by atoms with Gasteiger partial charge in [0.2, 0.25) is 0 Å². The number of carbonyl (C=O) groups excluding carboxylic acids is 3. The first kappa shape index (κ1) is 20.4. The van der Waals surface area contributed by atoms with Gasteiger partial charge in [-0.15, -0.1) is 0 Å². The quantitative estimate of drug-likeness (QED) is 0.689. The average Bonchev–Trinajstić information content (AvgIpc) is 3.11. The zero-order valence-electron chi connectivity index (χ0n) is 17.8. The Bertz CT molecular complexity index is 1090. The fourth-order valence-electron chi connectivity index (χ4n) is 5.01. The maximum absolute atomic E-state index is 13.6. The third-order valence-electron chi connectivity index (χ3n) is 6.61. The summed E-state index contributed by atoms with van der Waals surface area (Å²) < 4.78 is 11.0. The largest absolute Gasteiger partial charge is 0.483 e. The predicted octanol–water partition coefficient (Wildman–Crippen LogP) is 3.36. The second-order valence-corrected chi connectivity index (χ2v) is 8.46. The molecule has 0 bridgehead atoms. The van der Waals surface area contributed by atoms with E-state index >= 15 is 0 Å². The first-order valence-corrected chi connectivity index (χ1v) is 10.9. The lowest BCUT2D eigenvalue weighted by Gasteiger charge is -2.35. The number of esters is 1. The zero-order chi connectivity index (χ0) is 22.2. The van der Waals surface area contributed by atoms with Crippen LogP contribution in [0.25, 0.3) is 0 Å². The third-order valence-corrected chi connectivity index (χ3v) is 6.61. The minimum atomic E-state index is -0.562. The monoisotopic (exact) mass is 432 g/mol. The molecule has 3 aliphatic rings. The number of amides is 1. The second-order valence-electron chi connectivity index (χ2n) is 8.46. The number of aromatic nitrogens is 1. The minimum absolute atomic E-state index is 0.0172. The number of methoxy groups -OCH3 is 1. The van der Waals surface area contributed by atoms with Gasteiger partial charge in [-0.1, -0.05) is 18.6 Å². The molecule has 1 aromatic heterocycles. The van der Waals surface area contributed by atoms with Crippen molar-refractivity contribution in [3.8, 4) is 0 Å². The summed E-state index contributed by atoms with van der Waals surface area (Å²) in [5.74, 6) is -0.697. The van der Waals surface area contributed by atoms with Gasteiger partial charge in [0.1, 0.15) is 6.10 Å². The van der Waals surface area contributed by atoms with E-state index in [1.54, 1.807) is 41.6 Å². The van der Waals surface area contributed by atoms with E-state index in [2.05, 4.69) is 4.98 Å². The molecule has 1 aliphatic carbocycles. The molecule has 3 heterocycles. The number of Topliss-reactive ketones (excluding diaryl/α,β-unsaturated/α-hetero) is 1. The highest BCUT2D eigenvalue weighted by Gasteiger charge is 2.51. The van der Waals surface area contributed by atoms with Crippen molar-refractivity contribution < 1.29 is 23.9 Å². The summed E-state index contributed by atoms with van der Waals surface area (Å²) in [4.78, 5) is 44.7. The number of carbonyl (C=O) groups is 3. The molecule has 0 spiro atoms. The summed E-state index contributed by atoms with van der Waals surface area (Å²) in [6, 6.07) is 10.0. The lowest BCUT2D eigenvalue weighted by atomic mass is 9.77. The normalized spacial score (nSPS) is 24.7. The maximum Gasteiger partial charge on any atom is 0.337 e. The summed E-state index contributed by atoms with van der Waals surface area (Å²) in [5.41, 5.74) is 2.53. The zero-order valence-corrected chi connectivity index (χ0v) is 17.8. The molecule has 0 N–H and O–H groups in total. The third kappa shape index (κ3) is 3.38. The van der Waals surface area contributed by atoms with Gasteiger partial charge in [-0.2, -0.15) is 0 Å². The molecule has 3 unspecified atom stereocenters. The van der Waals surface area contributed by atoms with Crippen LogP contribution in [0.15, 0.2) is 60.1 Å². The lowest BCUT2D eigenvalue weighted by Crippen LogP contribution is -2.39. The highest BCUT2D eigenvalue weighted by molar-refractivity contribution is 6.11. The first-order valence-electron chi connectivity index (χ1n) is 10.9. The molecule has 7 heteroatoms. The molecule has 3 atom stereocenters. The average molecular weight is 432 g/mol. The molecule has 5 rings (SSSR count). The van der Waals surface area contributed by atoms with Gasteiger partial charge in [0.25, 0.3) is 5.91 Å². The molecule has 2 aromatic rings. The number of hydrogen-bond donors (Lipinski definition) is 0. The molecule has 1 fully saturated rings. The molecule has 0 radical (unpaired) electrons. The molecule has 1 saturated carbocycles. The van der Waals surface area contributed by atoms with Crippen LogP contribution in [-0.4, -0.2) is 40.8 Å². The first-order chi connectivity index (χ1) is 15.6. The highest BCUT2D eigenvalue weighted by Crippen LogP contribution is 2.47. The van der Waals surface area contributed by atoms with E-state index in [1.165, 1.54) is 7.11 Å². The van der Waals surface area contributed by atoms with E-state index in [4.69, 9.17) is 9.47 Å². The van der Waals surface area contributed by atoms with E-state index < -0.39 is 12.0 Å². The van der Waals surface area contributed by atoms with Crippen LogP contribution in [0.2, 0.25) is 0 Å². The molecule has 0 saturated heterocycles. The van der Waals surface area contributed by atoms with Gasteiger partial charge in [0.05, 0.1) is 30.2 Å². The Morgan fingerprint density at radius 1 is 1.09 bits per heavy atom. The Labute approximate surface area is 186 Å².